The Kier molecular flexibility index (Phi) is 5.20. The van der Waals surface area contributed by atoms with E-state index in [0.29, 0.717) is 19.6 Å². The zero-order valence-corrected chi connectivity index (χ0v) is 12.4. The third kappa shape index (κ3) is 3.74. The highest BCUT2D eigenvalue weighted by atomic mass is 16.5. The molecule has 114 valence electrons. The summed E-state index contributed by atoms with van der Waals surface area (Å²) >= 11 is 0. The van der Waals surface area contributed by atoms with Crippen LogP contribution in [0.1, 0.15) is 38.2 Å². The first-order valence-electron chi connectivity index (χ1n) is 7.34. The lowest BCUT2D eigenvalue weighted by molar-refractivity contribution is -0.146. The van der Waals surface area contributed by atoms with Crippen molar-refractivity contribution in [3.05, 3.63) is 29.8 Å². The monoisotopic (exact) mass is 291 g/mol. The average molecular weight is 291 g/mol. The summed E-state index contributed by atoms with van der Waals surface area (Å²) in [5.74, 6) is 0.0456. The SMILES string of the molecule is CCCOc1cccc(C2CC(=O)NC2C(=O)OCC)c1. The van der Waals surface area contributed by atoms with E-state index in [2.05, 4.69) is 5.32 Å². The second-order valence-corrected chi connectivity index (χ2v) is 5.03. The Balaban J connectivity index is 2.18. The Bertz CT molecular complexity index is 515. The van der Waals surface area contributed by atoms with Gasteiger partial charge in [0.2, 0.25) is 5.91 Å². The highest BCUT2D eigenvalue weighted by Crippen LogP contribution is 2.31. The maximum Gasteiger partial charge on any atom is 0.329 e. The summed E-state index contributed by atoms with van der Waals surface area (Å²) in [6.45, 7) is 4.74. The van der Waals surface area contributed by atoms with Gasteiger partial charge in [-0.15, -0.1) is 0 Å². The molecule has 0 bridgehead atoms. The Morgan fingerprint density at radius 1 is 1.38 bits per heavy atom. The van der Waals surface area contributed by atoms with E-state index in [9.17, 15) is 9.59 Å². The number of amides is 1. The lowest BCUT2D eigenvalue weighted by Gasteiger charge is -2.18. The fourth-order valence-corrected chi connectivity index (χ4v) is 2.47. The second-order valence-electron chi connectivity index (χ2n) is 5.03. The highest BCUT2D eigenvalue weighted by molar-refractivity contribution is 5.90. The van der Waals surface area contributed by atoms with Crippen LogP contribution in [0.25, 0.3) is 0 Å². The topological polar surface area (TPSA) is 64.6 Å². The number of hydrogen-bond acceptors (Lipinski definition) is 4. The van der Waals surface area contributed by atoms with Crippen molar-refractivity contribution in [3.8, 4) is 5.75 Å². The standard InChI is InChI=1S/C16H21NO4/c1-3-8-21-12-7-5-6-11(9-12)13-10-14(18)17-15(13)16(19)20-4-2/h5-7,9,13,15H,3-4,8,10H2,1-2H3,(H,17,18). The molecule has 2 atom stereocenters. The van der Waals surface area contributed by atoms with Gasteiger partial charge in [0.1, 0.15) is 11.8 Å². The van der Waals surface area contributed by atoms with E-state index in [4.69, 9.17) is 9.47 Å². The Morgan fingerprint density at radius 2 is 2.19 bits per heavy atom. The number of benzene rings is 1. The van der Waals surface area contributed by atoms with Gasteiger partial charge in [-0.2, -0.15) is 0 Å². The van der Waals surface area contributed by atoms with Gasteiger partial charge in [-0.25, -0.2) is 4.79 Å². The maximum absolute atomic E-state index is 12.0. The molecule has 0 aromatic heterocycles. The molecule has 0 aliphatic carbocycles. The first-order valence-corrected chi connectivity index (χ1v) is 7.34. The minimum Gasteiger partial charge on any atom is -0.494 e. The first kappa shape index (κ1) is 15.4. The van der Waals surface area contributed by atoms with Crippen LogP contribution in [0.5, 0.6) is 5.75 Å². The fourth-order valence-electron chi connectivity index (χ4n) is 2.47. The van der Waals surface area contributed by atoms with Crippen LogP contribution in [0.4, 0.5) is 0 Å². The summed E-state index contributed by atoms with van der Waals surface area (Å²) in [6.07, 6.45) is 1.22. The number of ether oxygens (including phenoxy) is 2. The molecule has 0 spiro atoms. The molecule has 5 nitrogen and oxygen atoms in total. The van der Waals surface area contributed by atoms with E-state index in [1.54, 1.807) is 6.92 Å². The van der Waals surface area contributed by atoms with Crippen LogP contribution in [0, 0.1) is 0 Å². The molecule has 1 saturated heterocycles. The van der Waals surface area contributed by atoms with Crippen LogP contribution in [0.15, 0.2) is 24.3 Å². The number of carbonyl (C=O) groups excluding carboxylic acids is 2. The largest absolute Gasteiger partial charge is 0.494 e. The predicted octanol–water partition coefficient (Wildman–Crippen LogP) is 2.01. The number of carbonyl (C=O) groups is 2. The Morgan fingerprint density at radius 3 is 2.90 bits per heavy atom. The van der Waals surface area contributed by atoms with E-state index in [1.165, 1.54) is 0 Å². The molecule has 1 aromatic carbocycles. The van der Waals surface area contributed by atoms with Crippen LogP contribution in [-0.4, -0.2) is 31.1 Å². The molecule has 1 aromatic rings. The minimum absolute atomic E-state index is 0.127. The van der Waals surface area contributed by atoms with Crippen molar-refractivity contribution in [3.63, 3.8) is 0 Å². The highest BCUT2D eigenvalue weighted by Gasteiger charge is 2.39. The molecular formula is C16H21NO4. The second kappa shape index (κ2) is 7.11. The predicted molar refractivity (Wildman–Crippen MR) is 78.1 cm³/mol. The summed E-state index contributed by atoms with van der Waals surface area (Å²) in [4.78, 5) is 23.6. The van der Waals surface area contributed by atoms with E-state index in [-0.39, 0.29) is 17.8 Å². The van der Waals surface area contributed by atoms with Crippen molar-refractivity contribution < 1.29 is 19.1 Å². The van der Waals surface area contributed by atoms with Crippen LogP contribution >= 0.6 is 0 Å². The Hall–Kier alpha value is -2.04. The molecule has 1 N–H and O–H groups in total. The summed E-state index contributed by atoms with van der Waals surface area (Å²) in [5, 5.41) is 2.70. The quantitative estimate of drug-likeness (QED) is 0.814. The van der Waals surface area contributed by atoms with E-state index in [1.807, 2.05) is 31.2 Å². The molecule has 21 heavy (non-hydrogen) atoms. The van der Waals surface area contributed by atoms with Crippen LogP contribution in [0.3, 0.4) is 0 Å². The summed E-state index contributed by atoms with van der Waals surface area (Å²) in [7, 11) is 0. The zero-order chi connectivity index (χ0) is 15.2. The van der Waals surface area contributed by atoms with E-state index < -0.39 is 6.04 Å². The van der Waals surface area contributed by atoms with Gasteiger partial charge >= 0.3 is 5.97 Å². The molecule has 5 heteroatoms. The van der Waals surface area contributed by atoms with Crippen molar-refractivity contribution in [2.75, 3.05) is 13.2 Å². The number of hydrogen-bond donors (Lipinski definition) is 1. The van der Waals surface area contributed by atoms with Gasteiger partial charge < -0.3 is 14.8 Å². The van der Waals surface area contributed by atoms with Crippen molar-refractivity contribution in [1.29, 1.82) is 0 Å². The smallest absolute Gasteiger partial charge is 0.329 e. The molecule has 1 heterocycles. The molecule has 1 aliphatic heterocycles. The summed E-state index contributed by atoms with van der Waals surface area (Å²) < 4.78 is 10.6. The summed E-state index contributed by atoms with van der Waals surface area (Å²) in [6, 6.07) is 6.95. The number of esters is 1. The molecular weight excluding hydrogens is 270 g/mol. The van der Waals surface area contributed by atoms with Gasteiger partial charge in [0.05, 0.1) is 13.2 Å². The molecule has 0 radical (unpaired) electrons. The third-order valence-electron chi connectivity index (χ3n) is 3.42. The number of nitrogens with one attached hydrogen (secondary N) is 1. The van der Waals surface area contributed by atoms with Crippen molar-refractivity contribution >= 4 is 11.9 Å². The van der Waals surface area contributed by atoms with Gasteiger partial charge in [0, 0.05) is 12.3 Å². The van der Waals surface area contributed by atoms with E-state index in [0.717, 1.165) is 17.7 Å². The minimum atomic E-state index is -0.612. The van der Waals surface area contributed by atoms with Gasteiger partial charge in [-0.3, -0.25) is 4.79 Å². The third-order valence-corrected chi connectivity index (χ3v) is 3.42. The average Bonchev–Trinajstić information content (AvgIpc) is 2.88. The zero-order valence-electron chi connectivity index (χ0n) is 12.4. The van der Waals surface area contributed by atoms with Crippen LogP contribution in [0.2, 0.25) is 0 Å². The Labute approximate surface area is 124 Å². The summed E-state index contributed by atoms with van der Waals surface area (Å²) in [5.41, 5.74) is 0.917. The van der Waals surface area contributed by atoms with Gasteiger partial charge in [-0.1, -0.05) is 19.1 Å². The molecule has 2 unspecified atom stereocenters. The molecule has 1 fully saturated rings. The van der Waals surface area contributed by atoms with Gasteiger partial charge in [0.15, 0.2) is 0 Å². The lowest BCUT2D eigenvalue weighted by atomic mass is 9.91. The molecule has 1 amide bonds. The van der Waals surface area contributed by atoms with E-state index >= 15 is 0 Å². The van der Waals surface area contributed by atoms with Crippen molar-refractivity contribution in [2.45, 2.75) is 38.6 Å². The van der Waals surface area contributed by atoms with Gasteiger partial charge in [0.25, 0.3) is 0 Å². The first-order chi connectivity index (χ1) is 10.2. The van der Waals surface area contributed by atoms with Crippen LogP contribution in [-0.2, 0) is 14.3 Å². The molecule has 1 aliphatic rings. The lowest BCUT2D eigenvalue weighted by Crippen LogP contribution is -2.37. The van der Waals surface area contributed by atoms with Crippen molar-refractivity contribution in [1.82, 2.24) is 5.32 Å². The molecule has 0 saturated carbocycles. The van der Waals surface area contributed by atoms with Crippen LogP contribution < -0.4 is 10.1 Å². The molecule has 2 rings (SSSR count). The normalized spacial score (nSPS) is 21.0. The fraction of sp³-hybridized carbons (Fsp3) is 0.500. The van der Waals surface area contributed by atoms with Crippen molar-refractivity contribution in [2.24, 2.45) is 0 Å². The van der Waals surface area contributed by atoms with Gasteiger partial charge in [-0.05, 0) is 31.0 Å². The number of rotatable bonds is 6. The maximum atomic E-state index is 12.0.